The topological polar surface area (TPSA) is 161 Å². The molecule has 4 rings (SSSR count). The largest absolute Gasteiger partial charge is 0.445 e. The van der Waals surface area contributed by atoms with Crippen LogP contribution >= 0.6 is 0 Å². The Hall–Kier alpha value is -3.32. The molecule has 5 N–H and O–H groups in total. The van der Waals surface area contributed by atoms with Gasteiger partial charge in [-0.1, -0.05) is 45.0 Å². The van der Waals surface area contributed by atoms with Crippen LogP contribution in [0, 0.1) is 0 Å². The van der Waals surface area contributed by atoms with Gasteiger partial charge in [-0.2, -0.15) is 0 Å². The highest BCUT2D eigenvalue weighted by Gasteiger charge is 2.50. The smallest absolute Gasteiger partial charge is 0.407 e. The second kappa shape index (κ2) is 10.6. The molecule has 1 fully saturated rings. The summed E-state index contributed by atoms with van der Waals surface area (Å²) in [6.07, 6.45) is 0.213. The van der Waals surface area contributed by atoms with E-state index in [-0.39, 0.29) is 24.4 Å². The van der Waals surface area contributed by atoms with Crippen LogP contribution in [0.25, 0.3) is 11.2 Å². The van der Waals surface area contributed by atoms with E-state index in [9.17, 15) is 15.0 Å². The van der Waals surface area contributed by atoms with Gasteiger partial charge in [-0.25, -0.2) is 19.7 Å². The van der Waals surface area contributed by atoms with E-state index in [4.69, 9.17) is 15.2 Å². The minimum absolute atomic E-state index is 0.0678. The predicted octanol–water partition coefficient (Wildman–Crippen LogP) is 0.969. The fourth-order valence-electron chi connectivity index (χ4n) is 4.25. The first-order chi connectivity index (χ1) is 17.5. The Labute approximate surface area is 215 Å². The number of carbonyl (C=O) groups is 1. The van der Waals surface area contributed by atoms with Crippen molar-refractivity contribution in [2.24, 2.45) is 0 Å². The highest BCUT2D eigenvalue weighted by molar-refractivity contribution is 5.81. The number of aromatic nitrogens is 4. The number of likely N-dealkylation sites (N-methyl/N-ethyl adjacent to an activating group) is 1. The van der Waals surface area contributed by atoms with E-state index in [1.165, 1.54) is 22.8 Å². The highest BCUT2D eigenvalue weighted by Crippen LogP contribution is 2.32. The number of benzene rings is 1. The molecule has 0 spiro atoms. The number of alkyl carbamates (subject to hydrolysis) is 1. The average Bonchev–Trinajstić information content (AvgIpc) is 3.41. The van der Waals surface area contributed by atoms with Crippen molar-refractivity contribution in [1.82, 2.24) is 29.7 Å². The summed E-state index contributed by atoms with van der Waals surface area (Å²) < 4.78 is 12.4. The van der Waals surface area contributed by atoms with Gasteiger partial charge in [0.05, 0.1) is 12.9 Å². The molecule has 200 valence electrons. The van der Waals surface area contributed by atoms with Gasteiger partial charge in [-0.15, -0.1) is 0 Å². The summed E-state index contributed by atoms with van der Waals surface area (Å²) in [5, 5.41) is 24.8. The Kier molecular flexibility index (Phi) is 7.64. The van der Waals surface area contributed by atoms with Crippen molar-refractivity contribution in [1.29, 1.82) is 0 Å². The van der Waals surface area contributed by atoms with Gasteiger partial charge in [0.15, 0.2) is 17.2 Å². The Bertz CT molecular complexity index is 1230. The molecule has 2 aromatic heterocycles. The Morgan fingerprint density at radius 1 is 1.30 bits per heavy atom. The molecule has 1 aromatic carbocycles. The SMILES string of the molecule is CN(CCNC(=O)OCc1ccc(C(C)(C)C)cc1)C[C@H]1OC[C@](O)(n2cnc3c(N)ncnc32)[C@@H]1O. The molecule has 37 heavy (non-hydrogen) atoms. The average molecular weight is 514 g/mol. The summed E-state index contributed by atoms with van der Waals surface area (Å²) in [4.78, 5) is 26.2. The maximum atomic E-state index is 12.1. The third-order valence-electron chi connectivity index (χ3n) is 6.56. The summed E-state index contributed by atoms with van der Waals surface area (Å²) in [6.45, 7) is 7.63. The van der Waals surface area contributed by atoms with Gasteiger partial charge in [-0.3, -0.25) is 4.57 Å². The van der Waals surface area contributed by atoms with E-state index >= 15 is 0 Å². The van der Waals surface area contributed by atoms with Crippen molar-refractivity contribution in [3.63, 3.8) is 0 Å². The molecule has 1 aliphatic rings. The van der Waals surface area contributed by atoms with Gasteiger partial charge >= 0.3 is 6.09 Å². The number of anilines is 1. The molecule has 1 saturated heterocycles. The second-order valence-corrected chi connectivity index (χ2v) is 10.4. The summed E-state index contributed by atoms with van der Waals surface area (Å²) >= 11 is 0. The minimum Gasteiger partial charge on any atom is -0.445 e. The zero-order valence-electron chi connectivity index (χ0n) is 21.6. The van der Waals surface area contributed by atoms with Gasteiger partial charge in [0.1, 0.15) is 30.7 Å². The molecule has 1 amide bonds. The van der Waals surface area contributed by atoms with Crippen LogP contribution in [0.2, 0.25) is 0 Å². The number of aliphatic hydroxyl groups is 2. The van der Waals surface area contributed by atoms with E-state index in [1.54, 1.807) is 0 Å². The van der Waals surface area contributed by atoms with Crippen molar-refractivity contribution < 1.29 is 24.5 Å². The summed E-state index contributed by atoms with van der Waals surface area (Å²) in [6, 6.07) is 8.02. The zero-order chi connectivity index (χ0) is 26.8. The number of amides is 1. The normalized spacial score (nSPS) is 22.0. The van der Waals surface area contributed by atoms with Crippen LogP contribution < -0.4 is 11.1 Å². The molecule has 12 nitrogen and oxygen atoms in total. The maximum Gasteiger partial charge on any atom is 0.407 e. The number of carbonyl (C=O) groups excluding carboxylic acids is 1. The monoisotopic (exact) mass is 513 g/mol. The number of hydrogen-bond donors (Lipinski definition) is 4. The van der Waals surface area contributed by atoms with Gasteiger partial charge in [-0.05, 0) is 23.6 Å². The first-order valence-electron chi connectivity index (χ1n) is 12.1. The molecular formula is C25H35N7O5. The third-order valence-corrected chi connectivity index (χ3v) is 6.56. The molecule has 0 aliphatic carbocycles. The summed E-state index contributed by atoms with van der Waals surface area (Å²) in [7, 11) is 1.83. The van der Waals surface area contributed by atoms with Gasteiger partial charge in [0.2, 0.25) is 0 Å². The van der Waals surface area contributed by atoms with Crippen molar-refractivity contribution in [3.8, 4) is 0 Å². The second-order valence-electron chi connectivity index (χ2n) is 10.4. The molecule has 0 saturated carbocycles. The third kappa shape index (κ3) is 5.82. The maximum absolute atomic E-state index is 12.1. The molecule has 12 heteroatoms. The van der Waals surface area contributed by atoms with Crippen molar-refractivity contribution in [3.05, 3.63) is 48.0 Å². The summed E-state index contributed by atoms with van der Waals surface area (Å²) in [5.41, 5.74) is 6.92. The number of nitrogens with two attached hydrogens (primary N) is 1. The Morgan fingerprint density at radius 3 is 2.73 bits per heavy atom. The number of fused-ring (bicyclic) bond motifs is 1. The van der Waals surface area contributed by atoms with Crippen LogP contribution in [0.15, 0.2) is 36.9 Å². The van der Waals surface area contributed by atoms with Gasteiger partial charge < -0.3 is 35.6 Å². The molecule has 1 aliphatic heterocycles. The molecule has 0 bridgehead atoms. The predicted molar refractivity (Wildman–Crippen MR) is 137 cm³/mol. The van der Waals surface area contributed by atoms with Crippen LogP contribution in [0.1, 0.15) is 31.9 Å². The molecule has 0 unspecified atom stereocenters. The minimum atomic E-state index is -1.76. The number of nitrogens with zero attached hydrogens (tertiary/aromatic N) is 5. The van der Waals surface area contributed by atoms with Gasteiger partial charge in [0.25, 0.3) is 0 Å². The fourth-order valence-corrected chi connectivity index (χ4v) is 4.25. The molecule has 3 aromatic rings. The standard InChI is InChI=1S/C25H35N7O5/c1-24(2,3)17-7-5-16(6-8-17)12-36-23(34)27-9-10-31(4)11-18-20(33)25(35,13-37-18)32-15-30-19-21(26)28-14-29-22(19)32/h5-8,14-15,18,20,33,35H,9-13H2,1-4H3,(H,27,34)(H2,26,28,29)/t18-,20-,25-/m1/s1. The first-order valence-corrected chi connectivity index (χ1v) is 12.1. The van der Waals surface area contributed by atoms with E-state index < -0.39 is 24.0 Å². The number of hydrogen-bond acceptors (Lipinski definition) is 10. The van der Waals surface area contributed by atoms with Crippen LogP contribution in [-0.4, -0.2) is 86.2 Å². The van der Waals surface area contributed by atoms with Crippen molar-refractivity contribution >= 4 is 23.1 Å². The molecular weight excluding hydrogens is 478 g/mol. The lowest BCUT2D eigenvalue weighted by atomic mass is 9.87. The van der Waals surface area contributed by atoms with Crippen LogP contribution in [0.4, 0.5) is 10.6 Å². The van der Waals surface area contributed by atoms with Crippen LogP contribution in [0.5, 0.6) is 0 Å². The Morgan fingerprint density at radius 2 is 2.03 bits per heavy atom. The molecule has 3 atom stereocenters. The van der Waals surface area contributed by atoms with Gasteiger partial charge in [0, 0.05) is 19.6 Å². The zero-order valence-corrected chi connectivity index (χ0v) is 21.6. The Balaban J connectivity index is 1.22. The lowest BCUT2D eigenvalue weighted by Gasteiger charge is -2.29. The number of aliphatic hydroxyl groups excluding tert-OH is 1. The van der Waals surface area contributed by atoms with E-state index in [2.05, 4.69) is 41.0 Å². The lowest BCUT2D eigenvalue weighted by Crippen LogP contribution is -2.48. The number of imidazole rings is 1. The van der Waals surface area contributed by atoms with E-state index in [1.807, 2.05) is 36.2 Å². The molecule has 3 heterocycles. The lowest BCUT2D eigenvalue weighted by molar-refractivity contribution is -0.108. The summed E-state index contributed by atoms with van der Waals surface area (Å²) in [5.74, 6) is 0.182. The quantitative estimate of drug-likeness (QED) is 0.342. The number of nitrogen functional groups attached to an aromatic ring is 1. The van der Waals surface area contributed by atoms with Crippen molar-refractivity contribution in [2.45, 2.75) is 50.7 Å². The fraction of sp³-hybridized carbons (Fsp3) is 0.520. The highest BCUT2D eigenvalue weighted by atomic mass is 16.6. The van der Waals surface area contributed by atoms with Crippen LogP contribution in [-0.2, 0) is 27.2 Å². The number of rotatable bonds is 8. The van der Waals surface area contributed by atoms with E-state index in [0.717, 1.165) is 5.56 Å². The number of ether oxygens (including phenoxy) is 2. The first kappa shape index (κ1) is 26.7. The molecule has 0 radical (unpaired) electrons. The number of nitrogens with one attached hydrogen (secondary N) is 1. The van der Waals surface area contributed by atoms with Crippen molar-refractivity contribution in [2.75, 3.05) is 39.0 Å². The van der Waals surface area contributed by atoms with E-state index in [0.29, 0.717) is 30.8 Å². The van der Waals surface area contributed by atoms with Crippen LogP contribution in [0.3, 0.4) is 0 Å².